The Hall–Kier alpha value is -2.41. The number of hydrogen-bond donors (Lipinski definition) is 1. The summed E-state index contributed by atoms with van der Waals surface area (Å²) in [6.45, 7) is 5.06. The molecule has 7 heteroatoms. The third-order valence-corrected chi connectivity index (χ3v) is 6.89. The number of aromatic nitrogens is 1. The van der Waals surface area contributed by atoms with E-state index in [1.807, 2.05) is 46.4 Å². The first-order valence-electron chi connectivity index (χ1n) is 10.4. The summed E-state index contributed by atoms with van der Waals surface area (Å²) in [6.07, 6.45) is 5.40. The Balaban J connectivity index is 1.40. The van der Waals surface area contributed by atoms with Gasteiger partial charge in [0.05, 0.1) is 5.69 Å². The van der Waals surface area contributed by atoms with Crippen LogP contribution < -0.4 is 5.32 Å². The number of nitrogens with zero attached hydrogens (tertiary/aromatic N) is 3. The van der Waals surface area contributed by atoms with E-state index in [4.69, 9.17) is 0 Å². The van der Waals surface area contributed by atoms with Crippen LogP contribution in [0.4, 0.5) is 4.79 Å². The molecule has 154 valence electrons. The molecule has 4 heterocycles. The number of carbonyl (C=O) groups excluding carboxylic acids is 2. The van der Waals surface area contributed by atoms with Gasteiger partial charge in [-0.15, -0.1) is 11.3 Å². The van der Waals surface area contributed by atoms with Gasteiger partial charge in [-0.1, -0.05) is 12.1 Å². The largest absolute Gasteiger partial charge is 0.343 e. The summed E-state index contributed by atoms with van der Waals surface area (Å²) in [5.41, 5.74) is 1.96. The Morgan fingerprint density at radius 1 is 1.10 bits per heavy atom. The van der Waals surface area contributed by atoms with E-state index in [1.54, 1.807) is 17.5 Å². The van der Waals surface area contributed by atoms with Crippen LogP contribution in [0, 0.1) is 12.8 Å². The standard InChI is InChI=1S/C22H28N4O2S/c1-16-6-4-10-23-19(16)20(18-7-5-15-29-18)24-21(27)17-8-13-26(14-9-17)22(28)25-11-2-3-12-25/h4-7,10,15,17,20H,2-3,8-9,11-14H2,1H3,(H,24,27). The predicted molar refractivity (Wildman–Crippen MR) is 114 cm³/mol. The smallest absolute Gasteiger partial charge is 0.319 e. The molecule has 2 fully saturated rings. The number of amides is 3. The number of pyridine rings is 1. The first kappa shape index (κ1) is 19.9. The molecule has 29 heavy (non-hydrogen) atoms. The number of aryl methyl sites for hydroxylation is 1. The summed E-state index contributed by atoms with van der Waals surface area (Å²) in [4.78, 5) is 35.1. The summed E-state index contributed by atoms with van der Waals surface area (Å²) in [7, 11) is 0. The van der Waals surface area contributed by atoms with Crippen molar-refractivity contribution in [2.45, 2.75) is 38.6 Å². The lowest BCUT2D eigenvalue weighted by Crippen LogP contribution is -2.48. The maximum absolute atomic E-state index is 13.1. The van der Waals surface area contributed by atoms with Crippen LogP contribution in [0.2, 0.25) is 0 Å². The van der Waals surface area contributed by atoms with E-state index < -0.39 is 0 Å². The highest BCUT2D eigenvalue weighted by atomic mass is 32.1. The normalized spacial score (nSPS) is 18.7. The molecule has 4 rings (SSSR count). The predicted octanol–water partition coefficient (Wildman–Crippen LogP) is 3.58. The lowest BCUT2D eigenvalue weighted by atomic mass is 9.95. The summed E-state index contributed by atoms with van der Waals surface area (Å²) < 4.78 is 0. The number of nitrogens with one attached hydrogen (secondary N) is 1. The lowest BCUT2D eigenvalue weighted by molar-refractivity contribution is -0.126. The molecule has 3 amide bonds. The molecule has 2 saturated heterocycles. The van der Waals surface area contributed by atoms with Gasteiger partial charge >= 0.3 is 6.03 Å². The number of likely N-dealkylation sites (tertiary alicyclic amines) is 2. The van der Waals surface area contributed by atoms with Crippen LogP contribution in [-0.2, 0) is 4.79 Å². The number of thiophene rings is 1. The van der Waals surface area contributed by atoms with E-state index in [9.17, 15) is 9.59 Å². The van der Waals surface area contributed by atoms with E-state index in [0.29, 0.717) is 25.9 Å². The van der Waals surface area contributed by atoms with Crippen molar-refractivity contribution in [3.63, 3.8) is 0 Å². The fourth-order valence-electron chi connectivity index (χ4n) is 4.23. The van der Waals surface area contributed by atoms with Crippen LogP contribution in [0.3, 0.4) is 0 Å². The third kappa shape index (κ3) is 4.45. The van der Waals surface area contributed by atoms with E-state index in [-0.39, 0.29) is 23.9 Å². The van der Waals surface area contributed by atoms with E-state index in [2.05, 4.69) is 10.3 Å². The average molecular weight is 413 g/mol. The van der Waals surface area contributed by atoms with Crippen LogP contribution in [0.1, 0.15) is 47.9 Å². The number of carbonyl (C=O) groups is 2. The van der Waals surface area contributed by atoms with Crippen molar-refractivity contribution in [2.75, 3.05) is 26.2 Å². The first-order chi connectivity index (χ1) is 14.1. The quantitative estimate of drug-likeness (QED) is 0.835. The highest BCUT2D eigenvalue weighted by molar-refractivity contribution is 7.10. The molecule has 0 spiro atoms. The Bertz CT molecular complexity index is 840. The van der Waals surface area contributed by atoms with Gasteiger partial charge < -0.3 is 15.1 Å². The second-order valence-electron chi connectivity index (χ2n) is 7.90. The van der Waals surface area contributed by atoms with Crippen molar-refractivity contribution in [3.05, 3.63) is 52.0 Å². The molecule has 1 unspecified atom stereocenters. The molecule has 2 aromatic heterocycles. The average Bonchev–Trinajstić information content (AvgIpc) is 3.46. The molecule has 0 radical (unpaired) electrons. The Morgan fingerprint density at radius 3 is 2.48 bits per heavy atom. The van der Waals surface area contributed by atoms with Gasteiger partial charge in [-0.25, -0.2) is 4.79 Å². The Kier molecular flexibility index (Phi) is 6.13. The fourth-order valence-corrected chi connectivity index (χ4v) is 5.01. The van der Waals surface area contributed by atoms with Gasteiger partial charge in [0.25, 0.3) is 0 Å². The number of piperidine rings is 1. The SMILES string of the molecule is Cc1cccnc1C(NC(=O)C1CCN(C(=O)N2CCCC2)CC1)c1cccs1. The zero-order valence-electron chi connectivity index (χ0n) is 16.8. The van der Waals surface area contributed by atoms with Crippen molar-refractivity contribution in [3.8, 4) is 0 Å². The van der Waals surface area contributed by atoms with Crippen molar-refractivity contribution in [1.29, 1.82) is 0 Å². The van der Waals surface area contributed by atoms with Gasteiger partial charge in [0, 0.05) is 43.2 Å². The molecule has 1 atom stereocenters. The highest BCUT2D eigenvalue weighted by Crippen LogP contribution is 2.28. The molecular weight excluding hydrogens is 384 g/mol. The Labute approximate surface area is 175 Å². The van der Waals surface area contributed by atoms with Crippen LogP contribution in [0.15, 0.2) is 35.8 Å². The van der Waals surface area contributed by atoms with Gasteiger partial charge in [0.1, 0.15) is 6.04 Å². The zero-order valence-corrected chi connectivity index (χ0v) is 17.7. The van der Waals surface area contributed by atoms with Crippen molar-refractivity contribution < 1.29 is 9.59 Å². The molecule has 2 aliphatic rings. The minimum absolute atomic E-state index is 0.0572. The Morgan fingerprint density at radius 2 is 1.83 bits per heavy atom. The molecule has 0 saturated carbocycles. The lowest BCUT2D eigenvalue weighted by Gasteiger charge is -2.34. The van der Waals surface area contributed by atoms with Crippen molar-refractivity contribution >= 4 is 23.3 Å². The van der Waals surface area contributed by atoms with Gasteiger partial charge in [-0.2, -0.15) is 0 Å². The van der Waals surface area contributed by atoms with Gasteiger partial charge in [0.15, 0.2) is 0 Å². The van der Waals surface area contributed by atoms with Gasteiger partial charge in [-0.05, 0) is 55.7 Å². The second-order valence-corrected chi connectivity index (χ2v) is 8.88. The van der Waals surface area contributed by atoms with Crippen LogP contribution in [0.5, 0.6) is 0 Å². The molecule has 2 aliphatic heterocycles. The number of urea groups is 1. The second kappa shape index (κ2) is 8.95. The van der Waals surface area contributed by atoms with E-state index in [1.165, 1.54) is 0 Å². The van der Waals surface area contributed by atoms with Crippen LogP contribution in [0.25, 0.3) is 0 Å². The molecular formula is C22H28N4O2S. The summed E-state index contributed by atoms with van der Waals surface area (Å²) >= 11 is 1.63. The van der Waals surface area contributed by atoms with Gasteiger partial charge in [0.2, 0.25) is 5.91 Å². The summed E-state index contributed by atoms with van der Waals surface area (Å²) in [5.74, 6) is -0.00849. The number of rotatable bonds is 4. The number of hydrogen-bond acceptors (Lipinski definition) is 4. The summed E-state index contributed by atoms with van der Waals surface area (Å²) in [5, 5.41) is 5.26. The minimum Gasteiger partial charge on any atom is -0.343 e. The van der Waals surface area contributed by atoms with Crippen LogP contribution >= 0.6 is 11.3 Å². The molecule has 2 aromatic rings. The van der Waals surface area contributed by atoms with E-state index in [0.717, 1.165) is 42.1 Å². The molecule has 0 aliphatic carbocycles. The minimum atomic E-state index is -0.229. The van der Waals surface area contributed by atoms with Gasteiger partial charge in [-0.3, -0.25) is 9.78 Å². The maximum atomic E-state index is 13.1. The summed E-state index contributed by atoms with van der Waals surface area (Å²) in [6, 6.07) is 7.90. The monoisotopic (exact) mass is 412 g/mol. The first-order valence-corrected chi connectivity index (χ1v) is 11.3. The van der Waals surface area contributed by atoms with Crippen molar-refractivity contribution in [1.82, 2.24) is 20.1 Å². The fraction of sp³-hybridized carbons (Fsp3) is 0.500. The van der Waals surface area contributed by atoms with Crippen molar-refractivity contribution in [2.24, 2.45) is 5.92 Å². The molecule has 0 bridgehead atoms. The maximum Gasteiger partial charge on any atom is 0.319 e. The molecule has 6 nitrogen and oxygen atoms in total. The third-order valence-electron chi connectivity index (χ3n) is 5.95. The molecule has 0 aromatic carbocycles. The zero-order chi connectivity index (χ0) is 20.2. The van der Waals surface area contributed by atoms with E-state index >= 15 is 0 Å². The highest BCUT2D eigenvalue weighted by Gasteiger charge is 2.32. The van der Waals surface area contributed by atoms with Crippen LogP contribution in [-0.4, -0.2) is 52.9 Å². The topological polar surface area (TPSA) is 65.5 Å². The molecule has 1 N–H and O–H groups in total.